The van der Waals surface area contributed by atoms with Crippen molar-refractivity contribution in [1.29, 1.82) is 0 Å². The van der Waals surface area contributed by atoms with Crippen molar-refractivity contribution in [3.8, 4) is 11.5 Å². The number of carboxylic acid groups (broad SMARTS) is 1. The number of benzene rings is 2. The zero-order chi connectivity index (χ0) is 20.9. The van der Waals surface area contributed by atoms with Crippen molar-refractivity contribution in [2.45, 2.75) is 6.92 Å². The van der Waals surface area contributed by atoms with Gasteiger partial charge in [-0.15, -0.1) is 0 Å². The first-order valence-corrected chi connectivity index (χ1v) is 10.2. The largest absolute Gasteiger partial charge is 0.478 e. The van der Waals surface area contributed by atoms with Crippen LogP contribution < -0.4 is 0 Å². The van der Waals surface area contributed by atoms with Crippen LogP contribution in [0, 0.1) is 6.92 Å². The van der Waals surface area contributed by atoms with Gasteiger partial charge in [0, 0.05) is 19.5 Å². The van der Waals surface area contributed by atoms with E-state index in [2.05, 4.69) is 9.97 Å². The summed E-state index contributed by atoms with van der Waals surface area (Å²) in [6.45, 7) is 1.82. The number of carbonyl (C=O) groups is 1. The summed E-state index contributed by atoms with van der Waals surface area (Å²) in [4.78, 5) is 21.0. The zero-order valence-corrected chi connectivity index (χ0v) is 16.8. The van der Waals surface area contributed by atoms with Gasteiger partial charge in [-0.1, -0.05) is 30.3 Å². The number of aromatic carboxylic acids is 1. The second kappa shape index (κ2) is 6.64. The van der Waals surface area contributed by atoms with Crippen molar-refractivity contribution in [3.05, 3.63) is 59.7 Å². The Balaban J connectivity index is 2.19. The van der Waals surface area contributed by atoms with Crippen LogP contribution in [0.2, 0.25) is 0 Å². The molecule has 0 radical (unpaired) electrons. The van der Waals surface area contributed by atoms with E-state index in [4.69, 9.17) is 0 Å². The lowest BCUT2D eigenvalue weighted by Crippen LogP contribution is -2.29. The molecular formula is C20H18N4O4S. The van der Waals surface area contributed by atoms with Gasteiger partial charge >= 0.3 is 16.2 Å². The summed E-state index contributed by atoms with van der Waals surface area (Å²) in [7, 11) is -1.18. The lowest BCUT2D eigenvalue weighted by atomic mass is 10.1. The molecule has 148 valence electrons. The fourth-order valence-corrected chi connectivity index (χ4v) is 4.28. The summed E-state index contributed by atoms with van der Waals surface area (Å²) in [5.41, 5.74) is 2.03. The average Bonchev–Trinajstić information content (AvgIpc) is 3.08. The molecular weight excluding hydrogens is 392 g/mol. The molecule has 4 aromatic rings. The summed E-state index contributed by atoms with van der Waals surface area (Å²) < 4.78 is 28.4. The van der Waals surface area contributed by atoms with Crippen LogP contribution in [-0.4, -0.2) is 51.8 Å². The highest BCUT2D eigenvalue weighted by Gasteiger charge is 2.29. The van der Waals surface area contributed by atoms with E-state index in [1.165, 1.54) is 20.2 Å². The SMILES string of the molecule is Cc1cccc2c1nc(-c1nc3ccccc3cc1C(=O)O)n2S(=O)(=O)N(C)C. The quantitative estimate of drug-likeness (QED) is 0.555. The first-order chi connectivity index (χ1) is 13.7. The minimum Gasteiger partial charge on any atom is -0.478 e. The predicted octanol–water partition coefficient (Wildman–Crippen LogP) is 2.91. The second-order valence-electron chi connectivity index (χ2n) is 6.82. The van der Waals surface area contributed by atoms with E-state index in [1.807, 2.05) is 13.0 Å². The number of para-hydroxylation sites is 2. The normalized spacial score (nSPS) is 12.1. The van der Waals surface area contributed by atoms with Crippen LogP contribution in [0.4, 0.5) is 0 Å². The molecule has 2 heterocycles. The van der Waals surface area contributed by atoms with Crippen LogP contribution in [0.25, 0.3) is 33.5 Å². The molecule has 0 saturated heterocycles. The van der Waals surface area contributed by atoms with Gasteiger partial charge < -0.3 is 5.11 Å². The van der Waals surface area contributed by atoms with Gasteiger partial charge in [-0.25, -0.2) is 18.7 Å². The number of hydrogen-bond acceptors (Lipinski definition) is 5. The molecule has 9 heteroatoms. The Morgan fingerprint density at radius 1 is 1.07 bits per heavy atom. The smallest absolute Gasteiger partial charge is 0.338 e. The summed E-state index contributed by atoms with van der Waals surface area (Å²) in [6.07, 6.45) is 0. The number of nitrogens with zero attached hydrogens (tertiary/aromatic N) is 4. The fourth-order valence-electron chi connectivity index (χ4n) is 3.21. The van der Waals surface area contributed by atoms with Crippen LogP contribution in [0.3, 0.4) is 0 Å². The Bertz CT molecular complexity index is 1390. The van der Waals surface area contributed by atoms with Crippen molar-refractivity contribution < 1.29 is 18.3 Å². The number of carboxylic acids is 1. The molecule has 0 aliphatic rings. The number of pyridine rings is 1. The van der Waals surface area contributed by atoms with Gasteiger partial charge in [-0.3, -0.25) is 0 Å². The van der Waals surface area contributed by atoms with Crippen LogP contribution in [0.5, 0.6) is 0 Å². The predicted molar refractivity (Wildman–Crippen MR) is 110 cm³/mol. The number of aromatic nitrogens is 3. The Hall–Kier alpha value is -3.30. The molecule has 0 spiro atoms. The standard InChI is InChI=1S/C20H18N4O4S/c1-12-7-6-10-16-17(12)22-19(24(16)29(27,28)23(2)3)18-14(20(25)26)11-13-8-4-5-9-15(13)21-18/h4-11H,1-3H3,(H,25,26). The van der Waals surface area contributed by atoms with E-state index < -0.39 is 16.2 Å². The fraction of sp³-hybridized carbons (Fsp3) is 0.150. The second-order valence-corrected chi connectivity index (χ2v) is 8.81. The van der Waals surface area contributed by atoms with Crippen LogP contribution in [-0.2, 0) is 10.2 Å². The number of imidazole rings is 1. The zero-order valence-electron chi connectivity index (χ0n) is 16.0. The van der Waals surface area contributed by atoms with Gasteiger partial charge in [0.05, 0.1) is 22.1 Å². The van der Waals surface area contributed by atoms with Gasteiger partial charge in [0.25, 0.3) is 0 Å². The van der Waals surface area contributed by atoms with Crippen molar-refractivity contribution >= 4 is 38.1 Å². The third-order valence-corrected chi connectivity index (χ3v) is 6.46. The molecule has 0 saturated carbocycles. The minimum absolute atomic E-state index is 0.00257. The Morgan fingerprint density at radius 3 is 2.48 bits per heavy atom. The van der Waals surface area contributed by atoms with E-state index in [1.54, 1.807) is 36.4 Å². The molecule has 0 amide bonds. The Morgan fingerprint density at radius 2 is 1.79 bits per heavy atom. The molecule has 1 N–H and O–H groups in total. The highest BCUT2D eigenvalue weighted by molar-refractivity contribution is 7.87. The van der Waals surface area contributed by atoms with Gasteiger partial charge in [-0.05, 0) is 30.7 Å². The lowest BCUT2D eigenvalue weighted by Gasteiger charge is -2.16. The number of hydrogen-bond donors (Lipinski definition) is 1. The summed E-state index contributed by atoms with van der Waals surface area (Å²) >= 11 is 0. The van der Waals surface area contributed by atoms with Gasteiger partial charge in [0.15, 0.2) is 5.82 Å². The molecule has 0 aliphatic carbocycles. The van der Waals surface area contributed by atoms with Crippen molar-refractivity contribution in [2.24, 2.45) is 0 Å². The Labute approximate surface area is 167 Å². The monoisotopic (exact) mass is 410 g/mol. The third-order valence-electron chi connectivity index (χ3n) is 4.70. The average molecular weight is 410 g/mol. The van der Waals surface area contributed by atoms with Crippen LogP contribution in [0.1, 0.15) is 15.9 Å². The molecule has 0 bridgehead atoms. The molecule has 0 atom stereocenters. The molecule has 0 fully saturated rings. The molecule has 2 aromatic heterocycles. The summed E-state index contributed by atoms with van der Waals surface area (Å²) in [6, 6.07) is 13.7. The van der Waals surface area contributed by atoms with Crippen molar-refractivity contribution in [3.63, 3.8) is 0 Å². The minimum atomic E-state index is -4.00. The first-order valence-electron chi connectivity index (χ1n) is 8.76. The van der Waals surface area contributed by atoms with Gasteiger partial charge in [0.1, 0.15) is 5.69 Å². The van der Waals surface area contributed by atoms with Crippen molar-refractivity contribution in [1.82, 2.24) is 18.2 Å². The van der Waals surface area contributed by atoms with Gasteiger partial charge in [-0.2, -0.15) is 12.7 Å². The third kappa shape index (κ3) is 2.95. The van der Waals surface area contributed by atoms with Crippen LogP contribution >= 0.6 is 0 Å². The maximum atomic E-state index is 13.1. The highest BCUT2D eigenvalue weighted by atomic mass is 32.2. The summed E-state index contributed by atoms with van der Waals surface area (Å²) in [5, 5.41) is 10.4. The molecule has 0 aliphatic heterocycles. The van der Waals surface area contributed by atoms with E-state index >= 15 is 0 Å². The topological polar surface area (TPSA) is 105 Å². The number of fused-ring (bicyclic) bond motifs is 2. The molecule has 8 nitrogen and oxygen atoms in total. The van der Waals surface area contributed by atoms with Gasteiger partial charge in [0.2, 0.25) is 0 Å². The van der Waals surface area contributed by atoms with E-state index in [0.29, 0.717) is 21.9 Å². The van der Waals surface area contributed by atoms with E-state index in [9.17, 15) is 18.3 Å². The maximum absolute atomic E-state index is 13.1. The highest BCUT2D eigenvalue weighted by Crippen LogP contribution is 2.31. The number of aryl methyl sites for hydroxylation is 1. The van der Waals surface area contributed by atoms with Crippen molar-refractivity contribution in [2.75, 3.05) is 14.1 Å². The maximum Gasteiger partial charge on any atom is 0.338 e. The molecule has 2 aromatic carbocycles. The van der Waals surface area contributed by atoms with Crippen LogP contribution in [0.15, 0.2) is 48.5 Å². The number of rotatable bonds is 4. The summed E-state index contributed by atoms with van der Waals surface area (Å²) in [5.74, 6) is -1.25. The first kappa shape index (κ1) is 19.0. The molecule has 4 rings (SSSR count). The van der Waals surface area contributed by atoms with E-state index in [0.717, 1.165) is 13.8 Å². The molecule has 29 heavy (non-hydrogen) atoms. The molecule has 0 unspecified atom stereocenters. The van der Waals surface area contributed by atoms with E-state index in [-0.39, 0.29) is 17.1 Å². The Kier molecular flexibility index (Phi) is 4.36. The lowest BCUT2D eigenvalue weighted by molar-refractivity contribution is 0.0697.